The molecule has 0 radical (unpaired) electrons. The molecule has 0 aliphatic heterocycles. The zero-order chi connectivity index (χ0) is 14.7. The number of amides is 1. The molecule has 0 bridgehead atoms. The molecule has 1 aromatic rings. The molecule has 110 valence electrons. The van der Waals surface area contributed by atoms with Gasteiger partial charge in [0.1, 0.15) is 0 Å². The quantitative estimate of drug-likeness (QED) is 0.837. The van der Waals surface area contributed by atoms with Gasteiger partial charge < -0.3 is 10.6 Å². The highest BCUT2D eigenvalue weighted by molar-refractivity contribution is 5.77. The van der Waals surface area contributed by atoms with Gasteiger partial charge in [-0.3, -0.25) is 9.69 Å². The molecule has 1 aliphatic carbocycles. The first-order valence-electron chi connectivity index (χ1n) is 7.35. The zero-order valence-electron chi connectivity index (χ0n) is 12.7. The Labute approximate surface area is 121 Å². The van der Waals surface area contributed by atoms with Gasteiger partial charge in [-0.15, -0.1) is 0 Å². The molecule has 1 aliphatic rings. The molecule has 1 aromatic carbocycles. The van der Waals surface area contributed by atoms with Crippen molar-refractivity contribution in [3.63, 3.8) is 0 Å². The van der Waals surface area contributed by atoms with Gasteiger partial charge in [-0.05, 0) is 49.1 Å². The number of carbonyl (C=O) groups is 1. The standard InChI is InChI=1S/C16H25N3O/c1-4-9-19(11-16(20)18(2)3)15-8-5-12-10-13(17)6-7-14(12)15/h6-7,10,15H,4-5,8-9,11,17H2,1-3H3. The SMILES string of the molecule is CCCN(CC(=O)N(C)C)C1CCc2cc(N)ccc21. The Morgan fingerprint density at radius 1 is 1.40 bits per heavy atom. The van der Waals surface area contributed by atoms with Crippen LogP contribution in [-0.2, 0) is 11.2 Å². The summed E-state index contributed by atoms with van der Waals surface area (Å²) < 4.78 is 0. The summed E-state index contributed by atoms with van der Waals surface area (Å²) >= 11 is 0. The summed E-state index contributed by atoms with van der Waals surface area (Å²) in [5.74, 6) is 0.169. The Hall–Kier alpha value is -1.55. The third-order valence-electron chi connectivity index (χ3n) is 4.00. The molecule has 2 N–H and O–H groups in total. The van der Waals surface area contributed by atoms with Crippen LogP contribution in [0, 0.1) is 0 Å². The van der Waals surface area contributed by atoms with Crippen molar-refractivity contribution in [2.24, 2.45) is 0 Å². The van der Waals surface area contributed by atoms with Crippen LogP contribution < -0.4 is 5.73 Å². The summed E-state index contributed by atoms with van der Waals surface area (Å²) in [5, 5.41) is 0. The molecule has 0 spiro atoms. The minimum absolute atomic E-state index is 0.169. The smallest absolute Gasteiger partial charge is 0.236 e. The monoisotopic (exact) mass is 275 g/mol. The second-order valence-corrected chi connectivity index (χ2v) is 5.77. The average molecular weight is 275 g/mol. The van der Waals surface area contributed by atoms with Crippen molar-refractivity contribution >= 4 is 11.6 Å². The number of carbonyl (C=O) groups excluding carboxylic acids is 1. The highest BCUT2D eigenvalue weighted by Gasteiger charge is 2.28. The van der Waals surface area contributed by atoms with E-state index in [9.17, 15) is 4.79 Å². The summed E-state index contributed by atoms with van der Waals surface area (Å²) in [4.78, 5) is 16.0. The fraction of sp³-hybridized carbons (Fsp3) is 0.562. The molecule has 0 fully saturated rings. The number of nitrogen functional groups attached to an aromatic ring is 1. The van der Waals surface area contributed by atoms with E-state index in [0.717, 1.165) is 31.5 Å². The van der Waals surface area contributed by atoms with Crippen molar-refractivity contribution in [3.8, 4) is 0 Å². The second kappa shape index (κ2) is 6.27. The number of likely N-dealkylation sites (N-methyl/N-ethyl adjacent to an activating group) is 1. The summed E-state index contributed by atoms with van der Waals surface area (Å²) in [6, 6.07) is 6.53. The number of nitrogens with two attached hydrogens (primary N) is 1. The molecule has 4 heteroatoms. The van der Waals surface area contributed by atoms with Crippen molar-refractivity contribution in [1.29, 1.82) is 0 Å². The lowest BCUT2D eigenvalue weighted by Gasteiger charge is -2.29. The Morgan fingerprint density at radius 3 is 2.80 bits per heavy atom. The Bertz CT molecular complexity index is 485. The van der Waals surface area contributed by atoms with Crippen molar-refractivity contribution in [2.45, 2.75) is 32.2 Å². The van der Waals surface area contributed by atoms with Crippen LogP contribution in [0.3, 0.4) is 0 Å². The first-order chi connectivity index (χ1) is 9.52. The van der Waals surface area contributed by atoms with Gasteiger partial charge in [0.2, 0.25) is 5.91 Å². The van der Waals surface area contributed by atoms with E-state index in [-0.39, 0.29) is 5.91 Å². The summed E-state index contributed by atoms with van der Waals surface area (Å²) in [5.41, 5.74) is 9.37. The number of hydrogen-bond donors (Lipinski definition) is 1. The third-order valence-corrected chi connectivity index (χ3v) is 4.00. The molecule has 0 aromatic heterocycles. The van der Waals surface area contributed by atoms with Crippen molar-refractivity contribution in [2.75, 3.05) is 32.9 Å². The molecule has 1 unspecified atom stereocenters. The largest absolute Gasteiger partial charge is 0.399 e. The Kier molecular flexibility index (Phi) is 4.65. The Morgan fingerprint density at radius 2 is 2.15 bits per heavy atom. The second-order valence-electron chi connectivity index (χ2n) is 5.77. The van der Waals surface area contributed by atoms with Crippen molar-refractivity contribution in [3.05, 3.63) is 29.3 Å². The number of anilines is 1. The molecular weight excluding hydrogens is 250 g/mol. The number of benzene rings is 1. The molecule has 1 amide bonds. The molecule has 0 heterocycles. The van der Waals surface area contributed by atoms with Crippen LogP contribution in [0.1, 0.15) is 36.9 Å². The first kappa shape index (κ1) is 14.9. The fourth-order valence-electron chi connectivity index (χ4n) is 2.94. The van der Waals surface area contributed by atoms with Gasteiger partial charge in [0.25, 0.3) is 0 Å². The maximum Gasteiger partial charge on any atom is 0.236 e. The topological polar surface area (TPSA) is 49.6 Å². The predicted octanol–water partition coefficient (Wildman–Crippen LogP) is 2.06. The minimum Gasteiger partial charge on any atom is -0.399 e. The molecule has 4 nitrogen and oxygen atoms in total. The average Bonchev–Trinajstić information content (AvgIpc) is 2.80. The molecule has 0 saturated heterocycles. The fourth-order valence-corrected chi connectivity index (χ4v) is 2.94. The van der Waals surface area contributed by atoms with E-state index >= 15 is 0 Å². The molecule has 0 saturated carbocycles. The van der Waals surface area contributed by atoms with E-state index in [1.54, 1.807) is 4.90 Å². The summed E-state index contributed by atoms with van der Waals surface area (Å²) in [6.45, 7) is 3.61. The van der Waals surface area contributed by atoms with Crippen LogP contribution in [0.4, 0.5) is 5.69 Å². The van der Waals surface area contributed by atoms with Crippen molar-refractivity contribution < 1.29 is 4.79 Å². The molecule has 2 rings (SSSR count). The van der Waals surface area contributed by atoms with E-state index in [0.29, 0.717) is 12.6 Å². The molecule has 20 heavy (non-hydrogen) atoms. The van der Waals surface area contributed by atoms with E-state index in [1.165, 1.54) is 11.1 Å². The number of nitrogens with zero attached hydrogens (tertiary/aromatic N) is 2. The zero-order valence-corrected chi connectivity index (χ0v) is 12.7. The maximum absolute atomic E-state index is 12.0. The lowest BCUT2D eigenvalue weighted by atomic mass is 10.1. The number of aryl methyl sites for hydroxylation is 1. The number of hydrogen-bond acceptors (Lipinski definition) is 3. The van der Waals surface area contributed by atoms with Crippen LogP contribution in [0.15, 0.2) is 18.2 Å². The summed E-state index contributed by atoms with van der Waals surface area (Å²) in [6.07, 6.45) is 3.20. The Balaban J connectivity index is 2.18. The van der Waals surface area contributed by atoms with Crippen LogP contribution in [0.5, 0.6) is 0 Å². The van der Waals surface area contributed by atoms with Crippen LogP contribution >= 0.6 is 0 Å². The van der Waals surface area contributed by atoms with E-state index in [2.05, 4.69) is 24.0 Å². The van der Waals surface area contributed by atoms with E-state index < -0.39 is 0 Å². The maximum atomic E-state index is 12.0. The first-order valence-corrected chi connectivity index (χ1v) is 7.35. The van der Waals surface area contributed by atoms with Crippen LogP contribution in [0.2, 0.25) is 0 Å². The summed E-state index contributed by atoms with van der Waals surface area (Å²) in [7, 11) is 3.63. The molecule has 1 atom stereocenters. The highest BCUT2D eigenvalue weighted by atomic mass is 16.2. The van der Waals surface area contributed by atoms with Crippen LogP contribution in [-0.4, -0.2) is 42.9 Å². The number of fused-ring (bicyclic) bond motifs is 1. The van der Waals surface area contributed by atoms with Gasteiger partial charge in [-0.1, -0.05) is 13.0 Å². The van der Waals surface area contributed by atoms with Gasteiger partial charge in [-0.25, -0.2) is 0 Å². The van der Waals surface area contributed by atoms with Gasteiger partial charge in [0.05, 0.1) is 6.54 Å². The normalized spacial score (nSPS) is 17.3. The van der Waals surface area contributed by atoms with Gasteiger partial charge in [0, 0.05) is 25.8 Å². The lowest BCUT2D eigenvalue weighted by molar-refractivity contribution is -0.130. The van der Waals surface area contributed by atoms with E-state index in [4.69, 9.17) is 5.73 Å². The van der Waals surface area contributed by atoms with Gasteiger partial charge in [-0.2, -0.15) is 0 Å². The predicted molar refractivity (Wildman–Crippen MR) is 82.5 cm³/mol. The molecular formula is C16H25N3O. The number of rotatable bonds is 5. The van der Waals surface area contributed by atoms with Crippen molar-refractivity contribution in [1.82, 2.24) is 9.80 Å². The van der Waals surface area contributed by atoms with Crippen LogP contribution in [0.25, 0.3) is 0 Å². The van der Waals surface area contributed by atoms with E-state index in [1.807, 2.05) is 20.2 Å². The van der Waals surface area contributed by atoms with Gasteiger partial charge in [0.15, 0.2) is 0 Å². The van der Waals surface area contributed by atoms with Gasteiger partial charge >= 0.3 is 0 Å². The highest BCUT2D eigenvalue weighted by Crippen LogP contribution is 2.36. The lowest BCUT2D eigenvalue weighted by Crippen LogP contribution is -2.38. The third kappa shape index (κ3) is 3.12. The minimum atomic E-state index is 0.169.